The highest BCUT2D eigenvalue weighted by molar-refractivity contribution is 9.10. The fraction of sp³-hybridized carbons (Fsp3) is 0.125. The normalized spacial score (nSPS) is 10.5. The molecular formula is C8H7BrN4O2. The topological polar surface area (TPSA) is 80.0 Å². The summed E-state index contributed by atoms with van der Waals surface area (Å²) in [5.74, 6) is -0.386. The molecule has 0 unspecified atom stereocenters. The van der Waals surface area contributed by atoms with Gasteiger partial charge in [-0.1, -0.05) is 0 Å². The number of nitrogens with one attached hydrogen (secondary N) is 1. The summed E-state index contributed by atoms with van der Waals surface area (Å²) in [6, 6.07) is 1.67. The molecule has 2 N–H and O–H groups in total. The highest BCUT2D eigenvalue weighted by atomic mass is 79.9. The fourth-order valence-corrected chi connectivity index (χ4v) is 1.67. The van der Waals surface area contributed by atoms with Gasteiger partial charge < -0.3 is 10.5 Å². The lowest BCUT2D eigenvalue weighted by atomic mass is 10.2. The molecule has 0 aromatic heterocycles. The maximum atomic E-state index is 11.4. The molecule has 0 aromatic rings. The number of rotatable bonds is 1. The average molecular weight is 271 g/mol. The molecule has 0 radical (unpaired) electrons. The van der Waals surface area contributed by atoms with Crippen LogP contribution in [0, 0.1) is 0 Å². The number of carbonyl (C=O) groups excluding carboxylic acids is 1. The van der Waals surface area contributed by atoms with E-state index in [-0.39, 0.29) is 17.3 Å². The quantitative estimate of drug-likeness (QED) is 0.750. The van der Waals surface area contributed by atoms with Gasteiger partial charge in [0.25, 0.3) is 5.91 Å². The van der Waals surface area contributed by atoms with Gasteiger partial charge in [-0.2, -0.15) is 4.73 Å². The van der Waals surface area contributed by atoms with E-state index in [1.165, 1.54) is 13.2 Å². The standard InChI is InChI=1S/C8H7BrN4O2/c1-10-8(14)6-7-5(11-12-6)2-4(9)3-13(7)15/h2-3,15H,1H3,(H,10,14). The Kier molecular flexibility index (Phi) is 2.31. The number of fused-ring (bicyclic) bond motifs is 1. The van der Waals surface area contributed by atoms with Crippen molar-refractivity contribution < 1.29 is 10.0 Å². The van der Waals surface area contributed by atoms with Crippen LogP contribution < -0.4 is 5.32 Å². The van der Waals surface area contributed by atoms with Gasteiger partial charge in [0.05, 0.1) is 6.20 Å². The van der Waals surface area contributed by atoms with Crippen LogP contribution in [0.5, 0.6) is 0 Å². The first-order valence-electron chi connectivity index (χ1n) is 4.09. The van der Waals surface area contributed by atoms with E-state index < -0.39 is 0 Å². The SMILES string of the molecule is CNC(=O)c1nnc2cc(Br)cn(O)c1-2. The molecule has 78 valence electrons. The molecule has 1 amide bonds. The van der Waals surface area contributed by atoms with Crippen LogP contribution in [0.25, 0.3) is 11.4 Å². The Bertz CT molecular complexity index is 496. The molecule has 0 saturated carbocycles. The molecule has 0 atom stereocenters. The average Bonchev–Trinajstić information content (AvgIpc) is 2.60. The minimum atomic E-state index is -0.386. The third kappa shape index (κ3) is 1.54. The van der Waals surface area contributed by atoms with Gasteiger partial charge >= 0.3 is 0 Å². The lowest BCUT2D eigenvalue weighted by Crippen LogP contribution is -2.20. The summed E-state index contributed by atoms with van der Waals surface area (Å²) in [6.45, 7) is 0. The van der Waals surface area contributed by atoms with Crippen molar-refractivity contribution >= 4 is 21.8 Å². The molecule has 2 heterocycles. The molecule has 6 nitrogen and oxygen atoms in total. The summed E-state index contributed by atoms with van der Waals surface area (Å²) in [4.78, 5) is 11.4. The van der Waals surface area contributed by atoms with Crippen molar-refractivity contribution in [2.75, 3.05) is 7.05 Å². The van der Waals surface area contributed by atoms with Gasteiger partial charge in [0.1, 0.15) is 11.4 Å². The molecule has 2 aliphatic heterocycles. The van der Waals surface area contributed by atoms with Crippen molar-refractivity contribution in [3.63, 3.8) is 0 Å². The summed E-state index contributed by atoms with van der Waals surface area (Å²) in [7, 11) is 1.49. The van der Waals surface area contributed by atoms with Crippen LogP contribution in [-0.2, 0) is 0 Å². The smallest absolute Gasteiger partial charge is 0.273 e. The first-order chi connectivity index (χ1) is 7.13. The zero-order valence-electron chi connectivity index (χ0n) is 7.73. The molecule has 0 aromatic carbocycles. The zero-order chi connectivity index (χ0) is 11.0. The first kappa shape index (κ1) is 9.91. The minimum absolute atomic E-state index is 0.0995. The molecule has 0 spiro atoms. The van der Waals surface area contributed by atoms with Gasteiger partial charge in [-0.05, 0) is 22.0 Å². The molecule has 0 aliphatic carbocycles. The van der Waals surface area contributed by atoms with E-state index in [0.717, 1.165) is 4.73 Å². The molecule has 2 rings (SSSR count). The highest BCUT2D eigenvalue weighted by Crippen LogP contribution is 2.25. The number of hydrogen-bond donors (Lipinski definition) is 2. The summed E-state index contributed by atoms with van der Waals surface area (Å²) in [5, 5.41) is 19.5. The molecule has 2 aliphatic rings. The number of amides is 1. The van der Waals surface area contributed by atoms with Crippen molar-refractivity contribution in [2.24, 2.45) is 0 Å². The number of hydrogen-bond acceptors (Lipinski definition) is 4. The Hall–Kier alpha value is -1.63. The predicted molar refractivity (Wildman–Crippen MR) is 54.9 cm³/mol. The molecule has 15 heavy (non-hydrogen) atoms. The van der Waals surface area contributed by atoms with Gasteiger partial charge in [0.2, 0.25) is 0 Å². The Morgan fingerprint density at radius 3 is 3.00 bits per heavy atom. The van der Waals surface area contributed by atoms with Crippen LogP contribution in [0.3, 0.4) is 0 Å². The van der Waals surface area contributed by atoms with Gasteiger partial charge in [-0.15, -0.1) is 10.2 Å². The largest absolute Gasteiger partial charge is 0.428 e. The van der Waals surface area contributed by atoms with E-state index in [1.807, 2.05) is 0 Å². The van der Waals surface area contributed by atoms with Gasteiger partial charge in [0.15, 0.2) is 5.69 Å². The van der Waals surface area contributed by atoms with Crippen molar-refractivity contribution in [1.29, 1.82) is 0 Å². The Morgan fingerprint density at radius 2 is 2.33 bits per heavy atom. The third-order valence-electron chi connectivity index (χ3n) is 1.92. The lowest BCUT2D eigenvalue weighted by Gasteiger charge is -2.05. The van der Waals surface area contributed by atoms with Crippen LogP contribution in [0.2, 0.25) is 0 Å². The fourth-order valence-electron chi connectivity index (χ4n) is 1.26. The molecular weight excluding hydrogens is 264 g/mol. The maximum absolute atomic E-state index is 11.4. The van der Waals surface area contributed by atoms with Crippen molar-refractivity contribution in [3.8, 4) is 11.4 Å². The lowest BCUT2D eigenvalue weighted by molar-refractivity contribution is 0.0955. The van der Waals surface area contributed by atoms with Gasteiger partial charge in [-0.3, -0.25) is 4.79 Å². The maximum Gasteiger partial charge on any atom is 0.273 e. The van der Waals surface area contributed by atoms with Crippen molar-refractivity contribution in [1.82, 2.24) is 20.2 Å². The molecule has 7 heteroatoms. The van der Waals surface area contributed by atoms with Crippen molar-refractivity contribution in [3.05, 3.63) is 22.4 Å². The first-order valence-corrected chi connectivity index (χ1v) is 4.88. The highest BCUT2D eigenvalue weighted by Gasteiger charge is 2.22. The number of aromatic nitrogens is 3. The number of nitrogens with zero attached hydrogens (tertiary/aromatic N) is 3. The summed E-state index contributed by atoms with van der Waals surface area (Å²) < 4.78 is 1.48. The van der Waals surface area contributed by atoms with Crippen LogP contribution in [0.1, 0.15) is 10.5 Å². The second-order valence-electron chi connectivity index (χ2n) is 2.86. The van der Waals surface area contributed by atoms with E-state index >= 15 is 0 Å². The minimum Gasteiger partial charge on any atom is -0.428 e. The van der Waals surface area contributed by atoms with E-state index in [0.29, 0.717) is 10.2 Å². The van der Waals surface area contributed by atoms with Crippen LogP contribution in [-0.4, -0.2) is 33.1 Å². The zero-order valence-corrected chi connectivity index (χ0v) is 9.32. The second-order valence-corrected chi connectivity index (χ2v) is 3.78. The van der Waals surface area contributed by atoms with Gasteiger partial charge in [-0.25, -0.2) is 0 Å². The molecule has 0 saturated heterocycles. The van der Waals surface area contributed by atoms with Crippen LogP contribution in [0.15, 0.2) is 16.7 Å². The summed E-state index contributed by atoms with van der Waals surface area (Å²) in [6.07, 6.45) is 1.41. The number of halogens is 1. The number of carbonyl (C=O) groups is 1. The van der Waals surface area contributed by atoms with E-state index in [1.54, 1.807) is 6.07 Å². The second kappa shape index (κ2) is 3.50. The monoisotopic (exact) mass is 270 g/mol. The Balaban J connectivity index is 2.66. The van der Waals surface area contributed by atoms with Crippen LogP contribution in [0.4, 0.5) is 0 Å². The van der Waals surface area contributed by atoms with Crippen molar-refractivity contribution in [2.45, 2.75) is 0 Å². The van der Waals surface area contributed by atoms with E-state index in [4.69, 9.17) is 0 Å². The Morgan fingerprint density at radius 1 is 1.60 bits per heavy atom. The molecule has 0 fully saturated rings. The Labute approximate surface area is 93.4 Å². The van der Waals surface area contributed by atoms with Crippen LogP contribution >= 0.6 is 15.9 Å². The number of pyridine rings is 1. The predicted octanol–water partition coefficient (Wildman–Crippen LogP) is 0.742. The molecule has 0 bridgehead atoms. The summed E-state index contributed by atoms with van der Waals surface area (Å²) >= 11 is 3.20. The third-order valence-corrected chi connectivity index (χ3v) is 2.35. The van der Waals surface area contributed by atoms with E-state index in [2.05, 4.69) is 31.4 Å². The van der Waals surface area contributed by atoms with Gasteiger partial charge in [0, 0.05) is 11.5 Å². The summed E-state index contributed by atoms with van der Waals surface area (Å²) in [5.41, 5.74) is 0.838. The van der Waals surface area contributed by atoms with E-state index in [9.17, 15) is 10.0 Å².